The van der Waals surface area contributed by atoms with Crippen molar-refractivity contribution < 1.29 is 54.8 Å². The zero-order valence-electron chi connectivity index (χ0n) is 36.4. The molecule has 15 heteroatoms. The summed E-state index contributed by atoms with van der Waals surface area (Å²) in [6.45, 7) is 2.49. The van der Waals surface area contributed by atoms with Crippen molar-refractivity contribution in [2.24, 2.45) is 5.73 Å². The molecule has 60 heavy (non-hydrogen) atoms. The second kappa shape index (κ2) is 36.4. The molecular formula is C45H82ClN3O11. The molecule has 0 spiro atoms. The molecule has 8 atom stereocenters. The predicted octanol–water partition coefficient (Wildman–Crippen LogP) is 4.68. The fourth-order valence-corrected chi connectivity index (χ4v) is 7.12. The van der Waals surface area contributed by atoms with Gasteiger partial charge in [-0.2, -0.15) is 0 Å². The molecule has 0 aliphatic carbocycles. The summed E-state index contributed by atoms with van der Waals surface area (Å²) < 4.78 is 11.1. The molecule has 0 bridgehead atoms. The molecule has 1 aromatic carbocycles. The SMILES string of the molecule is CCC(=O)N[C@@H](CO)COc1ccc([C@@H](O)CNC(=O)[C@@H](O)CCC[C@H](O)[C@@H](O)[C@H](Cl)CCCCCCC[C@H](O)CCCCCCCCCCCCOC[C@@H](N)CO)cc1. The number of carbonyl (C=O) groups excluding carboxylic acids is 2. The van der Waals surface area contributed by atoms with Gasteiger partial charge in [-0.25, -0.2) is 0 Å². The van der Waals surface area contributed by atoms with Crippen LogP contribution in [0.2, 0.25) is 0 Å². The van der Waals surface area contributed by atoms with Crippen LogP contribution in [-0.2, 0) is 14.3 Å². The first-order valence-corrected chi connectivity index (χ1v) is 23.2. The van der Waals surface area contributed by atoms with Gasteiger partial charge in [0.25, 0.3) is 0 Å². The Morgan fingerprint density at radius 1 is 0.700 bits per heavy atom. The molecule has 0 aliphatic heterocycles. The minimum atomic E-state index is -1.35. The summed E-state index contributed by atoms with van der Waals surface area (Å²) in [6, 6.07) is 5.68. The number of amides is 2. The van der Waals surface area contributed by atoms with Crippen molar-refractivity contribution in [2.75, 3.05) is 39.6 Å². The van der Waals surface area contributed by atoms with E-state index in [0.29, 0.717) is 37.4 Å². The number of hydrogen-bond acceptors (Lipinski definition) is 12. The van der Waals surface area contributed by atoms with Gasteiger partial charge in [-0.15, -0.1) is 11.6 Å². The lowest BCUT2D eigenvalue weighted by Gasteiger charge is -2.23. The van der Waals surface area contributed by atoms with Crippen LogP contribution in [0.1, 0.15) is 160 Å². The summed E-state index contributed by atoms with van der Waals surface area (Å²) in [7, 11) is 0. The molecular weight excluding hydrogens is 794 g/mol. The number of benzene rings is 1. The number of aliphatic hydroxyl groups excluding tert-OH is 7. The number of nitrogens with one attached hydrogen (secondary N) is 2. The highest BCUT2D eigenvalue weighted by Crippen LogP contribution is 2.21. The Hall–Kier alpha value is -2.11. The summed E-state index contributed by atoms with van der Waals surface area (Å²) in [6.07, 6.45) is 15.0. The van der Waals surface area contributed by atoms with Gasteiger partial charge in [0.2, 0.25) is 11.8 Å². The zero-order valence-corrected chi connectivity index (χ0v) is 37.2. The highest BCUT2D eigenvalue weighted by atomic mass is 35.5. The quantitative estimate of drug-likeness (QED) is 0.0319. The first-order chi connectivity index (χ1) is 28.9. The van der Waals surface area contributed by atoms with E-state index in [1.54, 1.807) is 31.2 Å². The number of carbonyl (C=O) groups is 2. The van der Waals surface area contributed by atoms with Crippen molar-refractivity contribution in [1.82, 2.24) is 10.6 Å². The number of halogens is 1. The third-order valence-corrected chi connectivity index (χ3v) is 11.3. The fraction of sp³-hybridized carbons (Fsp3) is 0.822. The summed E-state index contributed by atoms with van der Waals surface area (Å²) in [4.78, 5) is 24.0. The predicted molar refractivity (Wildman–Crippen MR) is 236 cm³/mol. The van der Waals surface area contributed by atoms with E-state index in [1.807, 2.05) is 0 Å². The first kappa shape index (κ1) is 55.9. The largest absolute Gasteiger partial charge is 0.491 e. The van der Waals surface area contributed by atoms with E-state index in [2.05, 4.69) is 10.6 Å². The van der Waals surface area contributed by atoms with E-state index in [9.17, 15) is 40.2 Å². The number of nitrogens with two attached hydrogens (primary N) is 1. The van der Waals surface area contributed by atoms with E-state index >= 15 is 0 Å². The lowest BCUT2D eigenvalue weighted by molar-refractivity contribution is -0.130. The normalized spacial score (nSPS) is 15.7. The number of ether oxygens (including phenoxy) is 2. The molecule has 1 aromatic rings. The molecule has 0 fully saturated rings. The Morgan fingerprint density at radius 2 is 1.25 bits per heavy atom. The van der Waals surface area contributed by atoms with E-state index in [0.717, 1.165) is 57.8 Å². The Labute approximate surface area is 365 Å². The lowest BCUT2D eigenvalue weighted by Crippen LogP contribution is -2.41. The molecule has 350 valence electrons. The van der Waals surface area contributed by atoms with Crippen LogP contribution in [0.25, 0.3) is 0 Å². The number of rotatable bonds is 40. The number of hydrogen-bond donors (Lipinski definition) is 10. The summed E-state index contributed by atoms with van der Waals surface area (Å²) in [5, 5.41) is 75.1. The average molecular weight is 877 g/mol. The van der Waals surface area contributed by atoms with Crippen molar-refractivity contribution in [1.29, 1.82) is 0 Å². The monoisotopic (exact) mass is 876 g/mol. The number of aliphatic hydroxyl groups is 7. The highest BCUT2D eigenvalue weighted by Gasteiger charge is 2.25. The maximum Gasteiger partial charge on any atom is 0.248 e. The zero-order chi connectivity index (χ0) is 44.4. The van der Waals surface area contributed by atoms with Gasteiger partial charge in [-0.05, 0) is 62.6 Å². The van der Waals surface area contributed by atoms with Crippen molar-refractivity contribution in [3.05, 3.63) is 29.8 Å². The van der Waals surface area contributed by atoms with Crippen molar-refractivity contribution in [2.45, 2.75) is 196 Å². The van der Waals surface area contributed by atoms with Gasteiger partial charge in [0.1, 0.15) is 18.5 Å². The molecule has 0 heterocycles. The molecule has 2 amide bonds. The van der Waals surface area contributed by atoms with Gasteiger partial charge in [0.05, 0.1) is 61.7 Å². The van der Waals surface area contributed by atoms with E-state index in [4.69, 9.17) is 31.9 Å². The summed E-state index contributed by atoms with van der Waals surface area (Å²) >= 11 is 6.40. The van der Waals surface area contributed by atoms with Crippen LogP contribution >= 0.6 is 11.6 Å². The molecule has 11 N–H and O–H groups in total. The lowest BCUT2D eigenvalue weighted by atomic mass is 9.98. The third-order valence-electron chi connectivity index (χ3n) is 10.8. The minimum absolute atomic E-state index is 0.0369. The van der Waals surface area contributed by atoms with Crippen LogP contribution in [0.4, 0.5) is 0 Å². The molecule has 0 saturated carbocycles. The van der Waals surface area contributed by atoms with Crippen LogP contribution in [0, 0.1) is 0 Å². The number of unbranched alkanes of at least 4 members (excludes halogenated alkanes) is 13. The van der Waals surface area contributed by atoms with Crippen LogP contribution in [0.3, 0.4) is 0 Å². The van der Waals surface area contributed by atoms with Gasteiger partial charge in [0, 0.05) is 19.6 Å². The Morgan fingerprint density at radius 3 is 1.80 bits per heavy atom. The van der Waals surface area contributed by atoms with Gasteiger partial charge < -0.3 is 61.6 Å². The van der Waals surface area contributed by atoms with E-state index < -0.39 is 41.7 Å². The molecule has 0 saturated heterocycles. The summed E-state index contributed by atoms with van der Waals surface area (Å²) in [5.74, 6) is -0.370. The smallest absolute Gasteiger partial charge is 0.248 e. The Balaban J connectivity index is 2.05. The van der Waals surface area contributed by atoms with Gasteiger partial charge >= 0.3 is 0 Å². The average Bonchev–Trinajstić information content (AvgIpc) is 3.25. The van der Waals surface area contributed by atoms with Gasteiger partial charge in [-0.3, -0.25) is 9.59 Å². The van der Waals surface area contributed by atoms with E-state index in [-0.39, 0.29) is 63.7 Å². The second-order valence-corrected chi connectivity index (χ2v) is 16.9. The van der Waals surface area contributed by atoms with Crippen LogP contribution in [-0.4, -0.2) is 129 Å². The molecule has 0 unspecified atom stereocenters. The molecule has 14 nitrogen and oxygen atoms in total. The fourth-order valence-electron chi connectivity index (χ4n) is 6.80. The first-order valence-electron chi connectivity index (χ1n) is 22.8. The molecule has 0 radical (unpaired) electrons. The van der Waals surface area contributed by atoms with Crippen molar-refractivity contribution in [3.8, 4) is 5.75 Å². The van der Waals surface area contributed by atoms with Crippen LogP contribution < -0.4 is 21.1 Å². The minimum Gasteiger partial charge on any atom is -0.491 e. The standard InChI is InChI=1S/C45H82ClN3O11/c1-2-43(56)49-36(31-51)33-60-38-26-24-34(25-27-38)42(55)29-48-45(58)41(54)23-18-22-40(53)44(57)39(46)21-16-12-9-11-15-20-37(52)19-14-10-7-5-3-4-6-8-13-17-28-59-32-35(47)30-50/h24-27,35-37,39-42,44,50-55,57H,2-23,28-33,47H2,1H3,(H,48,58)(H,49,56)/t35-,36-,37+,39+,40-,41-,42-,44-/m0/s1. The highest BCUT2D eigenvalue weighted by molar-refractivity contribution is 6.21. The Kier molecular flexibility index (Phi) is 33.9. The maximum absolute atomic E-state index is 12.4. The van der Waals surface area contributed by atoms with Crippen LogP contribution in [0.15, 0.2) is 24.3 Å². The second-order valence-electron chi connectivity index (χ2n) is 16.3. The van der Waals surface area contributed by atoms with Crippen LogP contribution in [0.5, 0.6) is 5.75 Å². The molecule has 0 aliphatic rings. The third kappa shape index (κ3) is 28.5. The molecule has 0 aromatic heterocycles. The molecule has 1 rings (SSSR count). The maximum atomic E-state index is 12.4. The Bertz CT molecular complexity index is 1190. The topological polar surface area (TPSA) is 244 Å². The van der Waals surface area contributed by atoms with E-state index in [1.165, 1.54) is 51.4 Å². The van der Waals surface area contributed by atoms with Crippen molar-refractivity contribution >= 4 is 23.4 Å². The van der Waals surface area contributed by atoms with Gasteiger partial charge in [0.15, 0.2) is 0 Å². The van der Waals surface area contributed by atoms with Crippen molar-refractivity contribution in [3.63, 3.8) is 0 Å². The number of alkyl halides is 1. The van der Waals surface area contributed by atoms with Gasteiger partial charge in [-0.1, -0.05) is 109 Å². The summed E-state index contributed by atoms with van der Waals surface area (Å²) in [5.41, 5.74) is 6.12.